The van der Waals surface area contributed by atoms with Crippen molar-refractivity contribution in [2.75, 3.05) is 0 Å². The number of rotatable bonds is 2. The Labute approximate surface area is 108 Å². The van der Waals surface area contributed by atoms with Gasteiger partial charge in [0, 0.05) is 6.04 Å². The van der Waals surface area contributed by atoms with E-state index in [9.17, 15) is 4.39 Å². The lowest BCUT2D eigenvalue weighted by Gasteiger charge is -2.27. The molecule has 1 aliphatic carbocycles. The number of nitrogens with two attached hydrogens (primary N) is 1. The van der Waals surface area contributed by atoms with Gasteiger partial charge in [0.15, 0.2) is 11.6 Å². The summed E-state index contributed by atoms with van der Waals surface area (Å²) in [6.45, 7) is 1.75. The van der Waals surface area contributed by atoms with Crippen LogP contribution in [-0.4, -0.2) is 12.1 Å². The Bertz CT molecular complexity index is 394. The van der Waals surface area contributed by atoms with Crippen LogP contribution in [-0.2, 0) is 0 Å². The summed E-state index contributed by atoms with van der Waals surface area (Å²) >= 11 is 0. The summed E-state index contributed by atoms with van der Waals surface area (Å²) in [6.07, 6.45) is 6.58. The molecule has 0 spiro atoms. The first-order valence-electron chi connectivity index (χ1n) is 6.86. The van der Waals surface area contributed by atoms with Crippen LogP contribution in [0.1, 0.15) is 44.1 Å². The van der Waals surface area contributed by atoms with Gasteiger partial charge in [0.1, 0.15) is 6.10 Å². The van der Waals surface area contributed by atoms with Gasteiger partial charge in [-0.2, -0.15) is 0 Å². The fourth-order valence-corrected chi connectivity index (χ4v) is 2.50. The van der Waals surface area contributed by atoms with Gasteiger partial charge >= 0.3 is 0 Å². The average Bonchev–Trinajstić information content (AvgIpc) is 2.34. The lowest BCUT2D eigenvalue weighted by Crippen LogP contribution is -2.39. The second-order valence-corrected chi connectivity index (χ2v) is 5.20. The predicted molar refractivity (Wildman–Crippen MR) is 71.2 cm³/mol. The lowest BCUT2D eigenvalue weighted by atomic mass is 9.95. The fourth-order valence-electron chi connectivity index (χ4n) is 2.50. The van der Waals surface area contributed by atoms with Gasteiger partial charge in [0.25, 0.3) is 0 Å². The molecule has 18 heavy (non-hydrogen) atoms. The molecule has 1 aromatic carbocycles. The molecule has 0 radical (unpaired) electrons. The van der Waals surface area contributed by atoms with Crippen LogP contribution in [0.15, 0.2) is 18.2 Å². The normalized spacial score (nSPS) is 25.3. The monoisotopic (exact) mass is 251 g/mol. The van der Waals surface area contributed by atoms with Crippen LogP contribution in [0.4, 0.5) is 4.39 Å². The van der Waals surface area contributed by atoms with Crippen LogP contribution < -0.4 is 10.5 Å². The van der Waals surface area contributed by atoms with E-state index in [0.717, 1.165) is 25.7 Å². The smallest absolute Gasteiger partial charge is 0.167 e. The summed E-state index contributed by atoms with van der Waals surface area (Å²) in [5.74, 6) is 0.0859. The molecule has 0 heterocycles. The van der Waals surface area contributed by atoms with Crippen LogP contribution >= 0.6 is 0 Å². The number of hydrogen-bond donors (Lipinski definition) is 1. The molecule has 2 nitrogen and oxygen atoms in total. The molecular weight excluding hydrogens is 229 g/mol. The molecule has 0 aliphatic heterocycles. The Hall–Kier alpha value is -1.09. The summed E-state index contributed by atoms with van der Waals surface area (Å²) in [6, 6.07) is 5.28. The largest absolute Gasteiger partial charge is 0.486 e. The van der Waals surface area contributed by atoms with Crippen LogP contribution in [0.2, 0.25) is 0 Å². The number of hydrogen-bond acceptors (Lipinski definition) is 2. The second kappa shape index (κ2) is 6.19. The van der Waals surface area contributed by atoms with Gasteiger partial charge in [-0.15, -0.1) is 0 Å². The molecule has 2 N–H and O–H groups in total. The summed E-state index contributed by atoms with van der Waals surface area (Å²) < 4.78 is 19.7. The van der Waals surface area contributed by atoms with Crippen molar-refractivity contribution in [3.8, 4) is 5.75 Å². The molecule has 2 atom stereocenters. The van der Waals surface area contributed by atoms with Crippen molar-refractivity contribution in [2.24, 2.45) is 5.73 Å². The number of aryl methyl sites for hydroxylation is 1. The molecule has 3 heteroatoms. The Balaban J connectivity index is 2.08. The highest BCUT2D eigenvalue weighted by Crippen LogP contribution is 2.25. The van der Waals surface area contributed by atoms with E-state index in [0.29, 0.717) is 11.3 Å². The fraction of sp³-hybridized carbons (Fsp3) is 0.600. The van der Waals surface area contributed by atoms with Gasteiger partial charge in [0.05, 0.1) is 0 Å². The maximum Gasteiger partial charge on any atom is 0.167 e. The third-order valence-electron chi connectivity index (χ3n) is 3.69. The van der Waals surface area contributed by atoms with Gasteiger partial charge in [-0.05, 0) is 37.8 Å². The zero-order chi connectivity index (χ0) is 13.0. The van der Waals surface area contributed by atoms with Crippen LogP contribution in [0.25, 0.3) is 0 Å². The maximum absolute atomic E-state index is 13.9. The quantitative estimate of drug-likeness (QED) is 0.872. The van der Waals surface area contributed by atoms with Crippen molar-refractivity contribution in [3.63, 3.8) is 0 Å². The highest BCUT2D eigenvalue weighted by molar-refractivity contribution is 5.30. The molecule has 1 saturated carbocycles. The van der Waals surface area contributed by atoms with E-state index in [1.54, 1.807) is 19.1 Å². The van der Waals surface area contributed by atoms with Crippen molar-refractivity contribution in [3.05, 3.63) is 29.6 Å². The van der Waals surface area contributed by atoms with Gasteiger partial charge < -0.3 is 10.5 Å². The first-order valence-corrected chi connectivity index (χ1v) is 6.86. The van der Waals surface area contributed by atoms with Gasteiger partial charge in [0.2, 0.25) is 0 Å². The van der Waals surface area contributed by atoms with E-state index in [1.165, 1.54) is 12.8 Å². The second-order valence-electron chi connectivity index (χ2n) is 5.20. The molecule has 0 saturated heterocycles. The van der Waals surface area contributed by atoms with Crippen molar-refractivity contribution < 1.29 is 9.13 Å². The minimum Gasteiger partial charge on any atom is -0.486 e. The Morgan fingerprint density at radius 2 is 1.89 bits per heavy atom. The van der Waals surface area contributed by atoms with E-state index in [2.05, 4.69) is 0 Å². The average molecular weight is 251 g/mol. The summed E-state index contributed by atoms with van der Waals surface area (Å²) in [5, 5.41) is 0. The van der Waals surface area contributed by atoms with Gasteiger partial charge in [-0.3, -0.25) is 0 Å². The van der Waals surface area contributed by atoms with Crippen molar-refractivity contribution in [1.82, 2.24) is 0 Å². The molecule has 2 unspecified atom stereocenters. The Morgan fingerprint density at radius 3 is 2.67 bits per heavy atom. The predicted octanol–water partition coefficient (Wildman–Crippen LogP) is 3.56. The Kier molecular flexibility index (Phi) is 4.59. The molecule has 100 valence electrons. The standard InChI is InChI=1S/C15H22FNO/c1-11-7-6-10-14(15(11)16)18-13-9-5-3-2-4-8-12(13)17/h6-7,10,12-13H,2-5,8-9,17H2,1H3. The zero-order valence-electron chi connectivity index (χ0n) is 11.0. The van der Waals surface area contributed by atoms with E-state index in [1.807, 2.05) is 6.07 Å². The first-order chi connectivity index (χ1) is 8.68. The topological polar surface area (TPSA) is 35.2 Å². The number of benzene rings is 1. The van der Waals surface area contributed by atoms with Gasteiger partial charge in [-0.1, -0.05) is 31.4 Å². The molecular formula is C15H22FNO. The Morgan fingerprint density at radius 1 is 1.17 bits per heavy atom. The van der Waals surface area contributed by atoms with Gasteiger partial charge in [-0.25, -0.2) is 4.39 Å². The molecule has 2 rings (SSSR count). The minimum atomic E-state index is -0.258. The van der Waals surface area contributed by atoms with Crippen molar-refractivity contribution in [2.45, 2.75) is 57.6 Å². The van der Waals surface area contributed by atoms with Crippen LogP contribution in [0.3, 0.4) is 0 Å². The number of ether oxygens (including phenoxy) is 1. The molecule has 0 amide bonds. The summed E-state index contributed by atoms with van der Waals surface area (Å²) in [5.41, 5.74) is 6.75. The van der Waals surface area contributed by atoms with E-state index < -0.39 is 0 Å². The highest BCUT2D eigenvalue weighted by atomic mass is 19.1. The molecule has 1 aromatic rings. The van der Waals surface area contributed by atoms with Crippen LogP contribution in [0, 0.1) is 12.7 Å². The SMILES string of the molecule is Cc1cccc(OC2CCCCCCC2N)c1F. The van der Waals surface area contributed by atoms with Crippen molar-refractivity contribution >= 4 is 0 Å². The molecule has 1 aliphatic rings. The first kappa shape index (κ1) is 13.3. The number of halogens is 1. The molecule has 0 bridgehead atoms. The molecule has 1 fully saturated rings. The van der Waals surface area contributed by atoms with Crippen molar-refractivity contribution in [1.29, 1.82) is 0 Å². The third-order valence-corrected chi connectivity index (χ3v) is 3.69. The third kappa shape index (κ3) is 3.22. The van der Waals surface area contributed by atoms with E-state index in [-0.39, 0.29) is 18.0 Å². The highest BCUT2D eigenvalue weighted by Gasteiger charge is 2.22. The lowest BCUT2D eigenvalue weighted by molar-refractivity contribution is 0.139. The minimum absolute atomic E-state index is 0.0187. The molecule has 0 aromatic heterocycles. The maximum atomic E-state index is 13.9. The summed E-state index contributed by atoms with van der Waals surface area (Å²) in [4.78, 5) is 0. The summed E-state index contributed by atoms with van der Waals surface area (Å²) in [7, 11) is 0. The van der Waals surface area contributed by atoms with Crippen LogP contribution in [0.5, 0.6) is 5.75 Å². The van der Waals surface area contributed by atoms with E-state index in [4.69, 9.17) is 10.5 Å². The van der Waals surface area contributed by atoms with E-state index >= 15 is 0 Å². The zero-order valence-corrected chi connectivity index (χ0v) is 11.0.